The van der Waals surface area contributed by atoms with E-state index in [2.05, 4.69) is 23.6 Å². The first-order chi connectivity index (χ1) is 22.1. The van der Waals surface area contributed by atoms with E-state index in [4.69, 9.17) is 15.2 Å². The Morgan fingerprint density at radius 3 is 1.47 bits per heavy atom. The molecule has 0 bridgehead atoms. The molecule has 7 nitrogen and oxygen atoms in total. The van der Waals surface area contributed by atoms with Gasteiger partial charge in [-0.05, 0) is 77.2 Å². The van der Waals surface area contributed by atoms with Crippen LogP contribution in [0.3, 0.4) is 0 Å². The molecule has 1 rings (SSSR count). The minimum absolute atomic E-state index is 0.0781. The second kappa shape index (κ2) is 31.4. The Kier molecular flexibility index (Phi) is 29.2. The maximum absolute atomic E-state index is 12.3. The van der Waals surface area contributed by atoms with Crippen LogP contribution in [-0.4, -0.2) is 80.8 Å². The molecule has 2 N–H and O–H groups in total. The van der Waals surface area contributed by atoms with E-state index in [0.717, 1.165) is 77.2 Å². The van der Waals surface area contributed by atoms with Crippen molar-refractivity contribution in [3.05, 3.63) is 0 Å². The highest BCUT2D eigenvalue weighted by Gasteiger charge is 2.18. The quantitative estimate of drug-likeness (QED) is 0.0583. The van der Waals surface area contributed by atoms with Crippen molar-refractivity contribution in [2.24, 2.45) is 11.7 Å². The molecule has 0 amide bonds. The van der Waals surface area contributed by atoms with Gasteiger partial charge in [-0.25, -0.2) is 0 Å². The van der Waals surface area contributed by atoms with Crippen molar-refractivity contribution in [1.82, 2.24) is 9.80 Å². The molecule has 1 aliphatic heterocycles. The first-order valence-electron chi connectivity index (χ1n) is 19.5. The zero-order chi connectivity index (χ0) is 32.6. The number of nitrogens with zero attached hydrogens (tertiary/aromatic N) is 2. The third kappa shape index (κ3) is 26.6. The van der Waals surface area contributed by atoms with Crippen molar-refractivity contribution in [2.75, 3.05) is 59.0 Å². The highest BCUT2D eigenvalue weighted by molar-refractivity contribution is 5.69. The van der Waals surface area contributed by atoms with Crippen LogP contribution in [0, 0.1) is 5.92 Å². The van der Waals surface area contributed by atoms with Gasteiger partial charge in [-0.2, -0.15) is 0 Å². The molecule has 1 aliphatic rings. The average molecular weight is 638 g/mol. The van der Waals surface area contributed by atoms with E-state index in [1.54, 1.807) is 0 Å². The minimum atomic E-state index is -0.0781. The van der Waals surface area contributed by atoms with E-state index >= 15 is 0 Å². The summed E-state index contributed by atoms with van der Waals surface area (Å²) in [6, 6.07) is 0. The number of hydrogen-bond acceptors (Lipinski definition) is 7. The summed E-state index contributed by atoms with van der Waals surface area (Å²) in [5.74, 6) is 0.634. The lowest BCUT2D eigenvalue weighted by Gasteiger charge is -2.32. The lowest BCUT2D eigenvalue weighted by Crippen LogP contribution is -2.38. The number of piperidine rings is 1. The number of rotatable bonds is 32. The van der Waals surface area contributed by atoms with Crippen LogP contribution < -0.4 is 5.73 Å². The number of carbonyl (C=O) groups is 2. The van der Waals surface area contributed by atoms with E-state index in [0.29, 0.717) is 39.1 Å². The van der Waals surface area contributed by atoms with Gasteiger partial charge in [0.15, 0.2) is 0 Å². The van der Waals surface area contributed by atoms with Crippen molar-refractivity contribution >= 4 is 11.9 Å². The van der Waals surface area contributed by atoms with Crippen LogP contribution in [0.4, 0.5) is 0 Å². The highest BCUT2D eigenvalue weighted by atomic mass is 16.5. The third-order valence-corrected chi connectivity index (χ3v) is 9.54. The summed E-state index contributed by atoms with van der Waals surface area (Å²) in [6.07, 6.45) is 28.2. The van der Waals surface area contributed by atoms with Crippen molar-refractivity contribution in [1.29, 1.82) is 0 Å². The molecular formula is C38H75N3O4. The standard InChI is InChI=1S/C38H75N3O4/c1-3-5-7-9-11-13-15-17-19-22-37(42)44-34-32-41(29-21-28-40-30-25-36(24-27-39)26-31-40)33-35-45-38(43)23-20-18-16-14-12-10-8-6-4-2/h36H,3-35,39H2,1-2H3. The topological polar surface area (TPSA) is 85.1 Å². The van der Waals surface area contributed by atoms with Crippen LogP contribution in [-0.2, 0) is 19.1 Å². The number of ether oxygens (including phenoxy) is 2. The number of esters is 2. The van der Waals surface area contributed by atoms with Crippen molar-refractivity contribution < 1.29 is 19.1 Å². The molecule has 1 saturated heterocycles. The smallest absolute Gasteiger partial charge is 0.305 e. The van der Waals surface area contributed by atoms with Crippen LogP contribution in [0.2, 0.25) is 0 Å². The Hall–Kier alpha value is -1.18. The summed E-state index contributed by atoms with van der Waals surface area (Å²) in [6.45, 7) is 11.8. The van der Waals surface area contributed by atoms with Crippen LogP contribution >= 0.6 is 0 Å². The summed E-state index contributed by atoms with van der Waals surface area (Å²) in [5, 5.41) is 0. The van der Waals surface area contributed by atoms with E-state index in [1.165, 1.54) is 103 Å². The van der Waals surface area contributed by atoms with Gasteiger partial charge in [0, 0.05) is 25.9 Å². The van der Waals surface area contributed by atoms with Gasteiger partial charge >= 0.3 is 11.9 Å². The Morgan fingerprint density at radius 2 is 1.04 bits per heavy atom. The molecule has 1 fully saturated rings. The maximum Gasteiger partial charge on any atom is 0.305 e. The number of likely N-dealkylation sites (tertiary alicyclic amines) is 1. The second-order valence-electron chi connectivity index (χ2n) is 13.7. The van der Waals surface area contributed by atoms with Gasteiger partial charge in [-0.15, -0.1) is 0 Å². The minimum Gasteiger partial charge on any atom is -0.464 e. The monoisotopic (exact) mass is 638 g/mol. The lowest BCUT2D eigenvalue weighted by atomic mass is 9.93. The number of hydrogen-bond donors (Lipinski definition) is 1. The van der Waals surface area contributed by atoms with E-state index in [1.807, 2.05) is 0 Å². The van der Waals surface area contributed by atoms with Crippen molar-refractivity contribution in [3.8, 4) is 0 Å². The molecule has 1 heterocycles. The fraction of sp³-hybridized carbons (Fsp3) is 0.947. The van der Waals surface area contributed by atoms with Gasteiger partial charge < -0.3 is 20.1 Å². The zero-order valence-corrected chi connectivity index (χ0v) is 30.0. The van der Waals surface area contributed by atoms with Crippen molar-refractivity contribution in [3.63, 3.8) is 0 Å². The predicted octanol–water partition coefficient (Wildman–Crippen LogP) is 8.67. The third-order valence-electron chi connectivity index (χ3n) is 9.54. The Morgan fingerprint density at radius 1 is 0.622 bits per heavy atom. The van der Waals surface area contributed by atoms with E-state index < -0.39 is 0 Å². The Bertz CT molecular complexity index is 629. The first kappa shape index (κ1) is 41.8. The largest absolute Gasteiger partial charge is 0.464 e. The molecule has 0 aromatic carbocycles. The molecule has 0 aromatic heterocycles. The lowest BCUT2D eigenvalue weighted by molar-refractivity contribution is -0.144. The molecule has 0 radical (unpaired) electrons. The Balaban J connectivity index is 2.26. The molecule has 45 heavy (non-hydrogen) atoms. The fourth-order valence-electron chi connectivity index (χ4n) is 6.47. The molecule has 0 unspecified atom stereocenters. The molecule has 0 aliphatic carbocycles. The van der Waals surface area contributed by atoms with Gasteiger partial charge in [-0.3, -0.25) is 14.5 Å². The van der Waals surface area contributed by atoms with Crippen LogP contribution in [0.5, 0.6) is 0 Å². The maximum atomic E-state index is 12.3. The molecular weight excluding hydrogens is 562 g/mol. The SMILES string of the molecule is CCCCCCCCCCCC(=O)OCCN(CCCN1CCC(CCN)CC1)CCOC(=O)CCCCCCCCCCC. The first-order valence-corrected chi connectivity index (χ1v) is 19.5. The molecule has 266 valence electrons. The van der Waals surface area contributed by atoms with Gasteiger partial charge in [0.25, 0.3) is 0 Å². The van der Waals surface area contributed by atoms with E-state index in [-0.39, 0.29) is 11.9 Å². The molecule has 0 saturated carbocycles. The van der Waals surface area contributed by atoms with Crippen LogP contribution in [0.1, 0.15) is 168 Å². The zero-order valence-electron chi connectivity index (χ0n) is 30.0. The number of nitrogens with two attached hydrogens (primary N) is 1. The van der Waals surface area contributed by atoms with Gasteiger partial charge in [0.05, 0.1) is 0 Å². The predicted molar refractivity (Wildman–Crippen MR) is 189 cm³/mol. The number of carbonyl (C=O) groups excluding carboxylic acids is 2. The Labute approximate surface area is 279 Å². The summed E-state index contributed by atoms with van der Waals surface area (Å²) >= 11 is 0. The summed E-state index contributed by atoms with van der Waals surface area (Å²) in [4.78, 5) is 29.5. The molecule has 0 aromatic rings. The van der Waals surface area contributed by atoms with Crippen molar-refractivity contribution in [2.45, 2.75) is 168 Å². The number of unbranched alkanes of at least 4 members (excludes halogenated alkanes) is 16. The average Bonchev–Trinajstić information content (AvgIpc) is 3.04. The van der Waals surface area contributed by atoms with Gasteiger partial charge in [0.2, 0.25) is 0 Å². The fourth-order valence-corrected chi connectivity index (χ4v) is 6.47. The molecule has 0 spiro atoms. The van der Waals surface area contributed by atoms with Gasteiger partial charge in [-0.1, -0.05) is 117 Å². The van der Waals surface area contributed by atoms with E-state index in [9.17, 15) is 9.59 Å². The summed E-state index contributed by atoms with van der Waals surface area (Å²) in [5.41, 5.74) is 5.76. The van der Waals surface area contributed by atoms with Gasteiger partial charge in [0.1, 0.15) is 13.2 Å². The normalized spacial score (nSPS) is 14.3. The summed E-state index contributed by atoms with van der Waals surface area (Å²) in [7, 11) is 0. The molecule has 7 heteroatoms. The summed E-state index contributed by atoms with van der Waals surface area (Å²) < 4.78 is 11.2. The van der Waals surface area contributed by atoms with Crippen LogP contribution in [0.15, 0.2) is 0 Å². The van der Waals surface area contributed by atoms with Crippen LogP contribution in [0.25, 0.3) is 0 Å². The second-order valence-corrected chi connectivity index (χ2v) is 13.7. The molecule has 0 atom stereocenters. The highest BCUT2D eigenvalue weighted by Crippen LogP contribution is 2.20.